The Bertz CT molecular complexity index is 1330. The standard InChI is InChI=1S/C22H22AsN3O3S/c1-13-10-14(2)19(15(3)11-13)30(28,29)21-16(4)26(5)22(27)20(25-21)23-18-8-6-17(12-24)7-9-18/h6-11,23H,1-5H3. The van der Waals surface area contributed by atoms with Crippen LogP contribution < -0.4 is 14.4 Å². The molecule has 3 rings (SSSR count). The molecule has 1 unspecified atom stereocenters. The molecule has 2 aromatic carbocycles. The van der Waals surface area contributed by atoms with E-state index in [0.717, 1.165) is 9.91 Å². The Morgan fingerprint density at radius 1 is 1.03 bits per heavy atom. The second-order valence-electron chi connectivity index (χ2n) is 7.26. The van der Waals surface area contributed by atoms with E-state index in [4.69, 9.17) is 5.26 Å². The Kier molecular flexibility index (Phi) is 6.03. The molecule has 8 heteroatoms. The van der Waals surface area contributed by atoms with Gasteiger partial charge in [-0.3, -0.25) is 0 Å². The van der Waals surface area contributed by atoms with Crippen molar-refractivity contribution in [3.05, 3.63) is 74.7 Å². The molecule has 154 valence electrons. The van der Waals surface area contributed by atoms with Crippen molar-refractivity contribution in [3.8, 4) is 6.07 Å². The van der Waals surface area contributed by atoms with Gasteiger partial charge in [0.2, 0.25) is 0 Å². The van der Waals surface area contributed by atoms with Gasteiger partial charge in [-0.15, -0.1) is 0 Å². The van der Waals surface area contributed by atoms with E-state index in [1.54, 1.807) is 52.1 Å². The predicted octanol–water partition coefficient (Wildman–Crippen LogP) is 1.11. The van der Waals surface area contributed by atoms with E-state index in [1.807, 2.05) is 19.1 Å². The first kappa shape index (κ1) is 22.0. The molecule has 0 aliphatic carbocycles. The number of nitrogens with zero attached hydrogens (tertiary/aromatic N) is 3. The molecule has 0 fully saturated rings. The maximum absolute atomic E-state index is 13.6. The van der Waals surface area contributed by atoms with Crippen molar-refractivity contribution in [3.63, 3.8) is 0 Å². The summed E-state index contributed by atoms with van der Waals surface area (Å²) >= 11 is -1.18. The Labute approximate surface area is 182 Å². The maximum atomic E-state index is 13.6. The number of benzene rings is 2. The van der Waals surface area contributed by atoms with Crippen LogP contribution in [-0.2, 0) is 16.9 Å². The molecule has 0 aliphatic rings. The summed E-state index contributed by atoms with van der Waals surface area (Å²) in [6.45, 7) is 7.07. The predicted molar refractivity (Wildman–Crippen MR) is 118 cm³/mol. The van der Waals surface area contributed by atoms with Crippen LogP contribution in [0.2, 0.25) is 0 Å². The summed E-state index contributed by atoms with van der Waals surface area (Å²) in [5.74, 6) is 0. The van der Waals surface area contributed by atoms with Gasteiger partial charge < -0.3 is 0 Å². The molecule has 0 saturated heterocycles. The van der Waals surface area contributed by atoms with Gasteiger partial charge in [0.25, 0.3) is 0 Å². The van der Waals surface area contributed by atoms with Gasteiger partial charge in [0.15, 0.2) is 0 Å². The molecule has 0 saturated carbocycles. The Morgan fingerprint density at radius 2 is 1.60 bits per heavy atom. The molecule has 0 N–H and O–H groups in total. The average Bonchev–Trinajstić information content (AvgIpc) is 2.67. The molecular weight excluding hydrogens is 461 g/mol. The van der Waals surface area contributed by atoms with Gasteiger partial charge in [-0.2, -0.15) is 0 Å². The number of sulfone groups is 1. The number of nitriles is 1. The van der Waals surface area contributed by atoms with Crippen LogP contribution in [0.25, 0.3) is 0 Å². The van der Waals surface area contributed by atoms with E-state index in [2.05, 4.69) is 11.1 Å². The molecule has 3 aromatic rings. The molecule has 1 heterocycles. The average molecular weight is 483 g/mol. The summed E-state index contributed by atoms with van der Waals surface area (Å²) in [4.78, 5) is 17.4. The van der Waals surface area contributed by atoms with Crippen LogP contribution in [0.4, 0.5) is 0 Å². The number of hydrogen-bond acceptors (Lipinski definition) is 5. The molecule has 0 bridgehead atoms. The molecular formula is C22H22AsN3O3S. The van der Waals surface area contributed by atoms with E-state index in [1.165, 1.54) is 4.57 Å². The van der Waals surface area contributed by atoms with Gasteiger partial charge in [0, 0.05) is 0 Å². The molecule has 30 heavy (non-hydrogen) atoms. The molecule has 1 atom stereocenters. The van der Waals surface area contributed by atoms with Crippen LogP contribution in [0.15, 0.2) is 51.1 Å². The van der Waals surface area contributed by atoms with Crippen molar-refractivity contribution in [1.82, 2.24) is 9.55 Å². The van der Waals surface area contributed by atoms with Gasteiger partial charge in [-0.25, -0.2) is 0 Å². The van der Waals surface area contributed by atoms with Crippen LogP contribution in [-0.4, -0.2) is 33.7 Å². The zero-order chi connectivity index (χ0) is 22.2. The summed E-state index contributed by atoms with van der Waals surface area (Å²) in [7, 11) is -2.34. The van der Waals surface area contributed by atoms with E-state index in [-0.39, 0.29) is 20.0 Å². The van der Waals surface area contributed by atoms with E-state index < -0.39 is 25.6 Å². The first-order valence-corrected chi connectivity index (χ1v) is 12.8. The first-order valence-electron chi connectivity index (χ1n) is 9.24. The van der Waals surface area contributed by atoms with Crippen molar-refractivity contribution in [1.29, 1.82) is 5.26 Å². The minimum atomic E-state index is -3.91. The summed E-state index contributed by atoms with van der Waals surface area (Å²) in [5, 5.41) is 8.88. The summed E-state index contributed by atoms with van der Waals surface area (Å²) in [6, 6.07) is 12.7. The third-order valence-corrected chi connectivity index (χ3v) is 9.50. The fourth-order valence-corrected chi connectivity index (χ4v) is 7.74. The van der Waals surface area contributed by atoms with Crippen molar-refractivity contribution in [2.45, 2.75) is 37.6 Å². The molecule has 0 spiro atoms. The zero-order valence-corrected chi connectivity index (χ0v) is 20.4. The van der Waals surface area contributed by atoms with Crippen LogP contribution in [0.5, 0.6) is 0 Å². The number of aromatic nitrogens is 2. The normalized spacial score (nSPS) is 11.7. The van der Waals surface area contributed by atoms with Gasteiger partial charge >= 0.3 is 183 Å². The summed E-state index contributed by atoms with van der Waals surface area (Å²) in [6.07, 6.45) is 0. The number of hydrogen-bond donors (Lipinski definition) is 0. The van der Waals surface area contributed by atoms with E-state index in [0.29, 0.717) is 22.4 Å². The van der Waals surface area contributed by atoms with E-state index in [9.17, 15) is 13.2 Å². The SMILES string of the molecule is Cc1cc(C)c(S(=O)(=O)c2nc([AsH]c3ccc(C#N)cc3)c(=O)n(C)c2C)c(C)c1. The molecule has 0 aliphatic heterocycles. The van der Waals surface area contributed by atoms with Crippen LogP contribution in [0, 0.1) is 39.0 Å². The molecule has 0 amide bonds. The van der Waals surface area contributed by atoms with Crippen LogP contribution in [0.1, 0.15) is 27.9 Å². The summed E-state index contributed by atoms with van der Waals surface area (Å²) < 4.78 is 29.6. The van der Waals surface area contributed by atoms with Crippen molar-refractivity contribution >= 4 is 34.4 Å². The van der Waals surface area contributed by atoms with E-state index >= 15 is 0 Å². The van der Waals surface area contributed by atoms with Crippen molar-refractivity contribution < 1.29 is 8.42 Å². The summed E-state index contributed by atoms with van der Waals surface area (Å²) in [5.41, 5.74) is 2.87. The molecule has 1 aromatic heterocycles. The number of aryl methyl sites for hydroxylation is 3. The fraction of sp³-hybridized carbons (Fsp3) is 0.227. The Balaban J connectivity index is 2.18. The quantitative estimate of drug-likeness (QED) is 0.519. The number of rotatable bonds is 4. The monoisotopic (exact) mass is 483 g/mol. The van der Waals surface area contributed by atoms with Crippen molar-refractivity contribution in [2.24, 2.45) is 7.05 Å². The van der Waals surface area contributed by atoms with Crippen LogP contribution >= 0.6 is 0 Å². The zero-order valence-electron chi connectivity index (χ0n) is 17.4. The molecule has 0 radical (unpaired) electrons. The van der Waals surface area contributed by atoms with Crippen LogP contribution in [0.3, 0.4) is 0 Å². The molecule has 6 nitrogen and oxygen atoms in total. The van der Waals surface area contributed by atoms with Gasteiger partial charge in [-0.05, 0) is 0 Å². The van der Waals surface area contributed by atoms with Gasteiger partial charge in [0.1, 0.15) is 0 Å². The van der Waals surface area contributed by atoms with Gasteiger partial charge in [-0.1, -0.05) is 0 Å². The minimum absolute atomic E-state index is 0.0768. The fourth-order valence-electron chi connectivity index (χ4n) is 3.47. The second kappa shape index (κ2) is 8.21. The topological polar surface area (TPSA) is 92.8 Å². The second-order valence-corrected chi connectivity index (χ2v) is 11.8. The van der Waals surface area contributed by atoms with Crippen molar-refractivity contribution in [2.75, 3.05) is 0 Å². The Hall–Kier alpha value is -2.68. The van der Waals surface area contributed by atoms with Gasteiger partial charge in [0.05, 0.1) is 0 Å². The third kappa shape index (κ3) is 3.98. The third-order valence-electron chi connectivity index (χ3n) is 4.94. The Morgan fingerprint density at radius 3 is 2.13 bits per heavy atom. The first-order chi connectivity index (χ1) is 14.1.